The lowest BCUT2D eigenvalue weighted by atomic mass is 10.1. The van der Waals surface area contributed by atoms with Crippen molar-refractivity contribution in [1.82, 2.24) is 9.03 Å². The molecule has 6 nitrogen and oxygen atoms in total. The van der Waals surface area contributed by atoms with Crippen molar-refractivity contribution in [3.05, 3.63) is 29.8 Å². The number of nitrogens with one attached hydrogen (secondary N) is 1. The lowest BCUT2D eigenvalue weighted by Crippen LogP contribution is -2.49. The molecule has 1 N–H and O–H groups in total. The highest BCUT2D eigenvalue weighted by Gasteiger charge is 2.29. The van der Waals surface area contributed by atoms with Crippen molar-refractivity contribution < 1.29 is 16.8 Å². The zero-order valence-electron chi connectivity index (χ0n) is 12.1. The molecule has 1 aliphatic rings. The van der Waals surface area contributed by atoms with E-state index in [0.717, 1.165) is 11.8 Å². The first-order chi connectivity index (χ1) is 9.68. The summed E-state index contributed by atoms with van der Waals surface area (Å²) < 4.78 is 51.6. The van der Waals surface area contributed by atoms with Gasteiger partial charge in [0.2, 0.25) is 20.0 Å². The van der Waals surface area contributed by atoms with E-state index in [1.807, 2.05) is 6.92 Å². The maximum absolute atomic E-state index is 12.3. The normalized spacial score (nSPS) is 21.3. The molecule has 0 saturated carbocycles. The third-order valence-electron chi connectivity index (χ3n) is 3.51. The number of rotatable bonds is 4. The Labute approximate surface area is 126 Å². The molecule has 1 fully saturated rings. The second-order valence-corrected chi connectivity index (χ2v) is 9.09. The van der Waals surface area contributed by atoms with Crippen molar-refractivity contribution in [2.45, 2.75) is 30.7 Å². The molecule has 0 bridgehead atoms. The van der Waals surface area contributed by atoms with Gasteiger partial charge in [-0.2, -0.15) is 0 Å². The molecule has 8 heteroatoms. The highest BCUT2D eigenvalue weighted by atomic mass is 32.2. The van der Waals surface area contributed by atoms with Crippen molar-refractivity contribution in [2.75, 3.05) is 19.3 Å². The van der Waals surface area contributed by atoms with Gasteiger partial charge in [0.25, 0.3) is 0 Å². The number of hydrogen-bond donors (Lipinski definition) is 1. The van der Waals surface area contributed by atoms with Gasteiger partial charge in [-0.25, -0.2) is 25.9 Å². The lowest BCUT2D eigenvalue weighted by molar-refractivity contribution is 0.305. The number of benzene rings is 1. The zero-order valence-corrected chi connectivity index (χ0v) is 13.7. The van der Waals surface area contributed by atoms with Gasteiger partial charge in [-0.15, -0.1) is 0 Å². The first-order valence-corrected chi connectivity index (χ1v) is 10.1. The first kappa shape index (κ1) is 16.4. The predicted octanol–water partition coefficient (Wildman–Crippen LogP) is 0.697. The van der Waals surface area contributed by atoms with E-state index in [1.165, 1.54) is 4.31 Å². The monoisotopic (exact) mass is 332 g/mol. The summed E-state index contributed by atoms with van der Waals surface area (Å²) >= 11 is 0. The van der Waals surface area contributed by atoms with Gasteiger partial charge in [-0.1, -0.05) is 17.7 Å². The van der Waals surface area contributed by atoms with E-state index in [4.69, 9.17) is 0 Å². The number of piperidine rings is 1. The molecular weight excluding hydrogens is 312 g/mol. The second kappa shape index (κ2) is 6.04. The van der Waals surface area contributed by atoms with Gasteiger partial charge in [0.15, 0.2) is 0 Å². The SMILES string of the molecule is Cc1ccc(S(=O)(=O)NC2CCCN(S(C)(=O)=O)C2)cc1. The van der Waals surface area contributed by atoms with Crippen LogP contribution in [0, 0.1) is 6.92 Å². The Kier molecular flexibility index (Phi) is 4.72. The topological polar surface area (TPSA) is 83.6 Å². The minimum atomic E-state index is -3.62. The van der Waals surface area contributed by atoms with Crippen LogP contribution in [0.5, 0.6) is 0 Å². The van der Waals surface area contributed by atoms with Gasteiger partial charge in [0.1, 0.15) is 0 Å². The zero-order chi connectivity index (χ0) is 15.7. The van der Waals surface area contributed by atoms with Crippen LogP contribution in [-0.4, -0.2) is 46.5 Å². The summed E-state index contributed by atoms with van der Waals surface area (Å²) in [4.78, 5) is 0.199. The van der Waals surface area contributed by atoms with Crippen LogP contribution in [0.4, 0.5) is 0 Å². The number of nitrogens with zero attached hydrogens (tertiary/aromatic N) is 1. The van der Waals surface area contributed by atoms with Crippen LogP contribution in [0.2, 0.25) is 0 Å². The minimum Gasteiger partial charge on any atom is -0.213 e. The summed E-state index contributed by atoms with van der Waals surface area (Å²) in [5, 5.41) is 0. The second-order valence-electron chi connectivity index (χ2n) is 5.39. The van der Waals surface area contributed by atoms with Crippen LogP contribution >= 0.6 is 0 Å². The largest absolute Gasteiger partial charge is 0.240 e. The molecule has 1 atom stereocenters. The Balaban J connectivity index is 2.11. The third-order valence-corrected chi connectivity index (χ3v) is 6.31. The molecule has 2 rings (SSSR count). The summed E-state index contributed by atoms with van der Waals surface area (Å²) in [7, 11) is -6.90. The van der Waals surface area contributed by atoms with Crippen LogP contribution < -0.4 is 4.72 Å². The van der Waals surface area contributed by atoms with Gasteiger partial charge in [0, 0.05) is 19.1 Å². The molecule has 1 aromatic carbocycles. The Morgan fingerprint density at radius 2 is 1.76 bits per heavy atom. The van der Waals surface area contributed by atoms with Crippen molar-refractivity contribution in [1.29, 1.82) is 0 Å². The molecule has 0 radical (unpaired) electrons. The number of hydrogen-bond acceptors (Lipinski definition) is 4. The average Bonchev–Trinajstić information content (AvgIpc) is 2.38. The van der Waals surface area contributed by atoms with Crippen molar-refractivity contribution in [3.63, 3.8) is 0 Å². The van der Waals surface area contributed by atoms with Crippen LogP contribution in [0.3, 0.4) is 0 Å². The molecule has 118 valence electrons. The maximum Gasteiger partial charge on any atom is 0.240 e. The van der Waals surface area contributed by atoms with Crippen molar-refractivity contribution in [3.8, 4) is 0 Å². The van der Waals surface area contributed by atoms with Gasteiger partial charge < -0.3 is 0 Å². The molecule has 0 amide bonds. The van der Waals surface area contributed by atoms with Crippen LogP contribution in [0.1, 0.15) is 18.4 Å². The molecule has 0 spiro atoms. The predicted molar refractivity (Wildman–Crippen MR) is 80.9 cm³/mol. The van der Waals surface area contributed by atoms with Crippen LogP contribution in [-0.2, 0) is 20.0 Å². The highest BCUT2D eigenvalue weighted by Crippen LogP contribution is 2.16. The van der Waals surface area contributed by atoms with E-state index in [9.17, 15) is 16.8 Å². The first-order valence-electron chi connectivity index (χ1n) is 6.72. The summed E-state index contributed by atoms with van der Waals surface area (Å²) in [5.41, 5.74) is 0.981. The van der Waals surface area contributed by atoms with Crippen molar-refractivity contribution in [2.24, 2.45) is 0 Å². The molecule has 1 unspecified atom stereocenters. The summed E-state index contributed by atoms with van der Waals surface area (Å²) in [6.45, 7) is 2.51. The van der Waals surface area contributed by atoms with Crippen molar-refractivity contribution >= 4 is 20.0 Å². The Bertz CT molecular complexity index is 696. The quantitative estimate of drug-likeness (QED) is 0.879. The summed E-state index contributed by atoms with van der Waals surface area (Å²) in [6, 6.07) is 6.18. The standard InChI is InChI=1S/C13H20N2O4S2/c1-11-5-7-13(8-6-11)21(18,19)14-12-4-3-9-15(10-12)20(2,16)17/h5-8,12,14H,3-4,9-10H2,1-2H3. The maximum atomic E-state index is 12.3. The van der Waals surface area contributed by atoms with E-state index in [2.05, 4.69) is 4.72 Å². The van der Waals surface area contributed by atoms with E-state index < -0.39 is 20.0 Å². The lowest BCUT2D eigenvalue weighted by Gasteiger charge is -2.31. The van der Waals surface area contributed by atoms with E-state index in [-0.39, 0.29) is 17.5 Å². The molecule has 21 heavy (non-hydrogen) atoms. The highest BCUT2D eigenvalue weighted by molar-refractivity contribution is 7.89. The molecule has 1 heterocycles. The Hall–Kier alpha value is -0.960. The van der Waals surface area contributed by atoms with Gasteiger partial charge in [-0.3, -0.25) is 0 Å². The van der Waals surface area contributed by atoms with E-state index in [1.54, 1.807) is 24.3 Å². The van der Waals surface area contributed by atoms with E-state index >= 15 is 0 Å². The molecule has 0 aromatic heterocycles. The van der Waals surface area contributed by atoms with Gasteiger partial charge >= 0.3 is 0 Å². The van der Waals surface area contributed by atoms with Gasteiger partial charge in [-0.05, 0) is 31.9 Å². The molecule has 1 saturated heterocycles. The molecule has 1 aliphatic heterocycles. The number of sulfonamides is 2. The average molecular weight is 332 g/mol. The molecule has 0 aliphatic carbocycles. The fourth-order valence-electron chi connectivity index (χ4n) is 2.34. The Morgan fingerprint density at radius 1 is 1.14 bits per heavy atom. The molecular formula is C13H20N2O4S2. The fourth-order valence-corrected chi connectivity index (χ4v) is 4.52. The van der Waals surface area contributed by atoms with Crippen LogP contribution in [0.15, 0.2) is 29.2 Å². The Morgan fingerprint density at radius 3 is 2.33 bits per heavy atom. The van der Waals surface area contributed by atoms with Crippen LogP contribution in [0.25, 0.3) is 0 Å². The van der Waals surface area contributed by atoms with E-state index in [0.29, 0.717) is 19.4 Å². The smallest absolute Gasteiger partial charge is 0.213 e. The minimum absolute atomic E-state index is 0.184. The molecule has 1 aromatic rings. The number of aryl methyl sites for hydroxylation is 1. The fraction of sp³-hybridized carbons (Fsp3) is 0.538. The summed E-state index contributed by atoms with van der Waals surface area (Å²) in [6.07, 6.45) is 2.43. The third kappa shape index (κ3) is 4.26. The summed E-state index contributed by atoms with van der Waals surface area (Å²) in [5.74, 6) is 0. The van der Waals surface area contributed by atoms with Gasteiger partial charge in [0.05, 0.1) is 11.2 Å².